The molecule has 26 heavy (non-hydrogen) atoms. The number of anilines is 1. The summed E-state index contributed by atoms with van der Waals surface area (Å²) in [5.41, 5.74) is 8.16. The maximum Gasteiger partial charge on any atom is 0.123 e. The van der Waals surface area contributed by atoms with Gasteiger partial charge in [-0.3, -0.25) is 4.90 Å². The van der Waals surface area contributed by atoms with Crippen LogP contribution in [0.1, 0.15) is 17.5 Å². The van der Waals surface area contributed by atoms with Gasteiger partial charge in [0.25, 0.3) is 0 Å². The lowest BCUT2D eigenvalue weighted by Crippen LogP contribution is -2.42. The van der Waals surface area contributed by atoms with Gasteiger partial charge in [0.2, 0.25) is 0 Å². The zero-order valence-electron chi connectivity index (χ0n) is 15.0. The highest BCUT2D eigenvalue weighted by Crippen LogP contribution is 2.18. The highest BCUT2D eigenvalue weighted by molar-refractivity contribution is 5.32. The third kappa shape index (κ3) is 5.69. The van der Waals surface area contributed by atoms with Crippen molar-refractivity contribution in [1.29, 1.82) is 0 Å². The molecule has 2 aromatic rings. The summed E-state index contributed by atoms with van der Waals surface area (Å²) in [5.74, 6) is 1.37. The van der Waals surface area contributed by atoms with Gasteiger partial charge in [0.05, 0.1) is 19.3 Å². The molecule has 2 heterocycles. The average molecular weight is 357 g/mol. The van der Waals surface area contributed by atoms with Gasteiger partial charge in [0.1, 0.15) is 18.2 Å². The maximum atomic E-state index is 8.88. The molecule has 0 spiro atoms. The first kappa shape index (κ1) is 18.6. The van der Waals surface area contributed by atoms with Crippen molar-refractivity contribution in [3.05, 3.63) is 53.7 Å². The summed E-state index contributed by atoms with van der Waals surface area (Å²) in [7, 11) is 0. The molecular formula is C20H27N3O3. The van der Waals surface area contributed by atoms with Crippen LogP contribution in [0.15, 0.2) is 42.6 Å². The molecule has 1 atom stereocenters. The second-order valence-electron chi connectivity index (χ2n) is 6.58. The zero-order chi connectivity index (χ0) is 18.2. The van der Waals surface area contributed by atoms with Crippen molar-refractivity contribution in [2.75, 3.05) is 38.6 Å². The van der Waals surface area contributed by atoms with Gasteiger partial charge in [0, 0.05) is 25.8 Å². The van der Waals surface area contributed by atoms with E-state index in [1.807, 2.05) is 30.3 Å². The number of hydrogen-bond acceptors (Lipinski definition) is 6. The van der Waals surface area contributed by atoms with Gasteiger partial charge in [-0.05, 0) is 48.2 Å². The topological polar surface area (TPSA) is 80.8 Å². The number of aromatic nitrogens is 1. The zero-order valence-corrected chi connectivity index (χ0v) is 15.0. The van der Waals surface area contributed by atoms with E-state index in [1.54, 1.807) is 6.20 Å². The number of pyridine rings is 1. The predicted octanol–water partition coefficient (Wildman–Crippen LogP) is 1.87. The van der Waals surface area contributed by atoms with Crippen molar-refractivity contribution in [2.24, 2.45) is 0 Å². The summed E-state index contributed by atoms with van der Waals surface area (Å²) in [5, 5.41) is 8.88. The summed E-state index contributed by atoms with van der Waals surface area (Å²) in [4.78, 5) is 6.45. The Morgan fingerprint density at radius 2 is 2.19 bits per heavy atom. The number of morpholine rings is 1. The SMILES string of the molecule is Nc1cc(CCC2CN(Cc3cccc(OCCO)c3)CCO2)ccn1. The Morgan fingerprint density at radius 3 is 3.04 bits per heavy atom. The molecule has 6 nitrogen and oxygen atoms in total. The quantitative estimate of drug-likeness (QED) is 0.751. The second kappa shape index (κ2) is 9.52. The molecule has 1 saturated heterocycles. The fourth-order valence-corrected chi connectivity index (χ4v) is 3.23. The van der Waals surface area contributed by atoms with Crippen LogP contribution in [0.3, 0.4) is 0 Å². The normalized spacial score (nSPS) is 18.0. The Kier molecular flexibility index (Phi) is 6.82. The van der Waals surface area contributed by atoms with Crippen LogP contribution in [0.2, 0.25) is 0 Å². The number of nitrogens with zero attached hydrogens (tertiary/aromatic N) is 2. The van der Waals surface area contributed by atoms with Crippen molar-refractivity contribution in [3.8, 4) is 5.75 Å². The molecule has 1 unspecified atom stereocenters. The third-order valence-electron chi connectivity index (χ3n) is 4.49. The molecule has 0 bridgehead atoms. The van der Waals surface area contributed by atoms with E-state index in [9.17, 15) is 0 Å². The Hall–Kier alpha value is -2.15. The summed E-state index contributed by atoms with van der Waals surface area (Å²) < 4.78 is 11.4. The van der Waals surface area contributed by atoms with Crippen molar-refractivity contribution < 1.29 is 14.6 Å². The molecule has 0 amide bonds. The van der Waals surface area contributed by atoms with E-state index in [-0.39, 0.29) is 12.7 Å². The Bertz CT molecular complexity index is 696. The van der Waals surface area contributed by atoms with E-state index in [0.29, 0.717) is 12.4 Å². The van der Waals surface area contributed by atoms with Crippen LogP contribution in [-0.4, -0.2) is 54.0 Å². The van der Waals surface area contributed by atoms with E-state index >= 15 is 0 Å². The molecule has 3 rings (SSSR count). The van der Waals surface area contributed by atoms with Crippen LogP contribution >= 0.6 is 0 Å². The highest BCUT2D eigenvalue weighted by Gasteiger charge is 2.20. The monoisotopic (exact) mass is 357 g/mol. The number of rotatable bonds is 8. The minimum Gasteiger partial charge on any atom is -0.491 e. The van der Waals surface area contributed by atoms with Gasteiger partial charge < -0.3 is 20.3 Å². The molecule has 1 aromatic carbocycles. The van der Waals surface area contributed by atoms with Crippen LogP contribution in [0.5, 0.6) is 5.75 Å². The Labute approximate surface area is 154 Å². The summed E-state index contributed by atoms with van der Waals surface area (Å²) in [6.07, 6.45) is 3.90. The molecule has 1 fully saturated rings. The molecule has 1 aliphatic rings. The Morgan fingerprint density at radius 1 is 1.27 bits per heavy atom. The Balaban J connectivity index is 1.50. The van der Waals surface area contributed by atoms with Gasteiger partial charge in [-0.25, -0.2) is 4.98 Å². The van der Waals surface area contributed by atoms with Crippen molar-refractivity contribution in [2.45, 2.75) is 25.5 Å². The smallest absolute Gasteiger partial charge is 0.123 e. The molecule has 0 saturated carbocycles. The van der Waals surface area contributed by atoms with E-state index in [4.69, 9.17) is 20.3 Å². The molecule has 1 aliphatic heterocycles. The van der Waals surface area contributed by atoms with E-state index in [0.717, 1.165) is 44.8 Å². The molecule has 0 radical (unpaired) electrons. The first-order chi connectivity index (χ1) is 12.7. The largest absolute Gasteiger partial charge is 0.491 e. The highest BCUT2D eigenvalue weighted by atomic mass is 16.5. The lowest BCUT2D eigenvalue weighted by molar-refractivity contribution is -0.0345. The third-order valence-corrected chi connectivity index (χ3v) is 4.49. The number of ether oxygens (including phenoxy) is 2. The molecule has 140 valence electrons. The summed E-state index contributed by atoms with van der Waals surface area (Å²) >= 11 is 0. The number of nitrogen functional groups attached to an aromatic ring is 1. The van der Waals surface area contributed by atoms with Crippen LogP contribution < -0.4 is 10.5 Å². The maximum absolute atomic E-state index is 8.88. The van der Waals surface area contributed by atoms with Crippen molar-refractivity contribution >= 4 is 5.82 Å². The fourth-order valence-electron chi connectivity index (χ4n) is 3.23. The summed E-state index contributed by atoms with van der Waals surface area (Å²) in [6.45, 7) is 3.83. The van der Waals surface area contributed by atoms with E-state index in [2.05, 4.69) is 16.0 Å². The van der Waals surface area contributed by atoms with Crippen LogP contribution in [0.25, 0.3) is 0 Å². The van der Waals surface area contributed by atoms with Crippen LogP contribution in [0.4, 0.5) is 5.82 Å². The van der Waals surface area contributed by atoms with Gasteiger partial charge in [-0.1, -0.05) is 12.1 Å². The standard InChI is InChI=1S/C20H27N3O3/c21-20-13-16(6-7-22-20)4-5-19-15-23(8-10-25-19)14-17-2-1-3-18(12-17)26-11-9-24/h1-3,6-7,12-13,19,24H,4-5,8-11,14-15H2,(H2,21,22). The minimum atomic E-state index is 0.0263. The van der Waals surface area contributed by atoms with Crippen molar-refractivity contribution in [1.82, 2.24) is 9.88 Å². The number of benzene rings is 1. The lowest BCUT2D eigenvalue weighted by Gasteiger charge is -2.33. The first-order valence-electron chi connectivity index (χ1n) is 9.10. The van der Waals surface area contributed by atoms with Crippen LogP contribution in [0, 0.1) is 0 Å². The van der Waals surface area contributed by atoms with Gasteiger partial charge in [0.15, 0.2) is 0 Å². The number of aliphatic hydroxyl groups is 1. The average Bonchev–Trinajstić information content (AvgIpc) is 2.65. The number of aryl methyl sites for hydroxylation is 1. The fraction of sp³-hybridized carbons (Fsp3) is 0.450. The molecule has 3 N–H and O–H groups in total. The van der Waals surface area contributed by atoms with E-state index < -0.39 is 0 Å². The minimum absolute atomic E-state index is 0.0263. The van der Waals surface area contributed by atoms with Gasteiger partial charge in [-0.2, -0.15) is 0 Å². The second-order valence-corrected chi connectivity index (χ2v) is 6.58. The molecular weight excluding hydrogens is 330 g/mol. The van der Waals surface area contributed by atoms with Gasteiger partial charge >= 0.3 is 0 Å². The molecule has 6 heteroatoms. The predicted molar refractivity (Wildman–Crippen MR) is 101 cm³/mol. The number of aliphatic hydroxyl groups excluding tert-OH is 1. The summed E-state index contributed by atoms with van der Waals surface area (Å²) in [6, 6.07) is 12.0. The lowest BCUT2D eigenvalue weighted by atomic mass is 10.1. The van der Waals surface area contributed by atoms with Crippen LogP contribution in [-0.2, 0) is 17.7 Å². The number of nitrogens with two attached hydrogens (primary N) is 1. The molecule has 1 aromatic heterocycles. The van der Waals surface area contributed by atoms with Crippen molar-refractivity contribution in [3.63, 3.8) is 0 Å². The first-order valence-corrected chi connectivity index (χ1v) is 9.10. The van der Waals surface area contributed by atoms with Gasteiger partial charge in [-0.15, -0.1) is 0 Å². The van der Waals surface area contributed by atoms with E-state index in [1.165, 1.54) is 11.1 Å². The molecule has 0 aliphatic carbocycles. The number of hydrogen-bond donors (Lipinski definition) is 2.